The molecule has 0 spiro atoms. The number of rotatable bonds is 4. The van der Waals surface area contributed by atoms with E-state index in [2.05, 4.69) is 35.7 Å². The second kappa shape index (κ2) is 6.65. The highest BCUT2D eigenvalue weighted by Crippen LogP contribution is 2.42. The second-order valence-electron chi connectivity index (χ2n) is 8.31. The molecule has 150 valence electrons. The number of alkyl halides is 1. The van der Waals surface area contributed by atoms with Gasteiger partial charge < -0.3 is 20.0 Å². The minimum absolute atomic E-state index is 0.0364. The van der Waals surface area contributed by atoms with Crippen LogP contribution in [0.3, 0.4) is 0 Å². The Morgan fingerprint density at radius 2 is 2.15 bits per heavy atom. The van der Waals surface area contributed by atoms with Crippen molar-refractivity contribution in [2.75, 3.05) is 12.3 Å². The van der Waals surface area contributed by atoms with Gasteiger partial charge in [-0.05, 0) is 18.1 Å². The Morgan fingerprint density at radius 3 is 2.74 bits per heavy atom. The average molecular weight is 399 g/mol. The summed E-state index contributed by atoms with van der Waals surface area (Å²) in [5.41, 5.74) is 5.24. The molecule has 0 saturated carbocycles. The zero-order valence-corrected chi connectivity index (χ0v) is 17.1. The Labute approximate surface area is 156 Å². The van der Waals surface area contributed by atoms with E-state index in [-0.39, 0.29) is 28.8 Å². The average Bonchev–Trinajstić information content (AvgIpc) is 3.08. The SMILES string of the molecule is CC(C)(C)[Si](C)(C)OC1[C@@H](F)[C@H](n2cnc3c(=O)[nH]c(N)nc32)O[C@@H]1CO. The fourth-order valence-corrected chi connectivity index (χ4v) is 4.17. The monoisotopic (exact) mass is 399 g/mol. The number of aliphatic hydroxyl groups is 1. The number of aromatic amines is 1. The van der Waals surface area contributed by atoms with Gasteiger partial charge in [-0.15, -0.1) is 0 Å². The number of aliphatic hydroxyl groups excluding tert-OH is 1. The van der Waals surface area contributed by atoms with Gasteiger partial charge in [0.25, 0.3) is 5.56 Å². The summed E-state index contributed by atoms with van der Waals surface area (Å²) in [6.45, 7) is 9.78. The maximum atomic E-state index is 15.4. The number of imidazole rings is 1. The van der Waals surface area contributed by atoms with Crippen LogP contribution in [-0.2, 0) is 9.16 Å². The first-order valence-corrected chi connectivity index (χ1v) is 11.7. The number of nitrogen functional groups attached to an aromatic ring is 1. The smallest absolute Gasteiger partial charge is 0.280 e. The van der Waals surface area contributed by atoms with Crippen molar-refractivity contribution in [1.82, 2.24) is 19.5 Å². The second-order valence-corrected chi connectivity index (χ2v) is 13.1. The summed E-state index contributed by atoms with van der Waals surface area (Å²) in [5.74, 6) is -0.101. The van der Waals surface area contributed by atoms with Crippen molar-refractivity contribution in [2.45, 2.75) is 63.5 Å². The fraction of sp³-hybridized carbons (Fsp3) is 0.688. The summed E-state index contributed by atoms with van der Waals surface area (Å²) in [7, 11) is -2.30. The summed E-state index contributed by atoms with van der Waals surface area (Å²) in [6.07, 6.45) is -3.19. The maximum Gasteiger partial charge on any atom is 0.280 e. The number of hydrogen-bond donors (Lipinski definition) is 3. The lowest BCUT2D eigenvalue weighted by atomic mass is 10.1. The van der Waals surface area contributed by atoms with Crippen LogP contribution < -0.4 is 11.3 Å². The molecule has 1 saturated heterocycles. The standard InChI is InChI=1S/C16H26FN5O4Si/c1-16(2,3)27(4,5)26-11-8(6-23)25-14(9(11)17)22-7-19-10-12(22)20-15(18)21-13(10)24/h7-9,11,14,23H,6H2,1-5H3,(H3,18,20,21,24)/t8-,9-,11?,14-/m1/s1. The van der Waals surface area contributed by atoms with Crippen molar-refractivity contribution in [1.29, 1.82) is 0 Å². The highest BCUT2D eigenvalue weighted by molar-refractivity contribution is 6.74. The quantitative estimate of drug-likeness (QED) is 0.661. The number of nitrogens with one attached hydrogen (secondary N) is 1. The lowest BCUT2D eigenvalue weighted by Gasteiger charge is -2.39. The highest BCUT2D eigenvalue weighted by atomic mass is 28.4. The Hall–Kier alpha value is -1.82. The van der Waals surface area contributed by atoms with E-state index in [0.29, 0.717) is 0 Å². The maximum absolute atomic E-state index is 15.4. The molecular weight excluding hydrogens is 373 g/mol. The van der Waals surface area contributed by atoms with Crippen molar-refractivity contribution in [3.8, 4) is 0 Å². The first-order valence-electron chi connectivity index (χ1n) is 8.77. The molecule has 3 heterocycles. The van der Waals surface area contributed by atoms with Crippen molar-refractivity contribution in [2.24, 2.45) is 0 Å². The highest BCUT2D eigenvalue weighted by Gasteiger charge is 2.51. The van der Waals surface area contributed by atoms with Gasteiger partial charge >= 0.3 is 0 Å². The van der Waals surface area contributed by atoms with Gasteiger partial charge in [-0.25, -0.2) is 9.37 Å². The van der Waals surface area contributed by atoms with Gasteiger partial charge in [0.15, 0.2) is 31.9 Å². The number of halogens is 1. The summed E-state index contributed by atoms with van der Waals surface area (Å²) < 4.78 is 28.6. The molecule has 0 aromatic carbocycles. The van der Waals surface area contributed by atoms with Gasteiger partial charge in [0.1, 0.15) is 12.2 Å². The van der Waals surface area contributed by atoms with Crippen LogP contribution in [0.2, 0.25) is 18.1 Å². The van der Waals surface area contributed by atoms with Crippen molar-refractivity contribution in [3.63, 3.8) is 0 Å². The molecular formula is C16H26FN5O4Si. The predicted octanol–water partition coefficient (Wildman–Crippen LogP) is 1.32. The molecule has 1 aliphatic heterocycles. The van der Waals surface area contributed by atoms with Crippen molar-refractivity contribution < 1.29 is 18.7 Å². The first-order chi connectivity index (χ1) is 12.5. The molecule has 4 N–H and O–H groups in total. The Bertz CT molecular complexity index is 893. The Kier molecular flexibility index (Phi) is 4.91. The predicted molar refractivity (Wildman–Crippen MR) is 101 cm³/mol. The third-order valence-corrected chi connectivity index (χ3v) is 9.88. The molecule has 9 nitrogen and oxygen atoms in total. The molecule has 4 atom stereocenters. The largest absolute Gasteiger partial charge is 0.408 e. The van der Waals surface area contributed by atoms with E-state index < -0.39 is 38.5 Å². The molecule has 27 heavy (non-hydrogen) atoms. The van der Waals surface area contributed by atoms with E-state index in [0.717, 1.165) is 0 Å². The molecule has 0 aliphatic carbocycles. The van der Waals surface area contributed by atoms with Crippen LogP contribution in [0.25, 0.3) is 11.2 Å². The third kappa shape index (κ3) is 3.40. The topological polar surface area (TPSA) is 128 Å². The van der Waals surface area contributed by atoms with Crippen LogP contribution in [0, 0.1) is 0 Å². The minimum atomic E-state index is -2.30. The summed E-state index contributed by atoms with van der Waals surface area (Å²) >= 11 is 0. The van der Waals surface area contributed by atoms with Crippen LogP contribution in [-0.4, -0.2) is 57.9 Å². The molecule has 1 unspecified atom stereocenters. The van der Waals surface area contributed by atoms with Gasteiger partial charge in [0, 0.05) is 0 Å². The molecule has 1 fully saturated rings. The van der Waals surface area contributed by atoms with E-state index in [9.17, 15) is 9.90 Å². The lowest BCUT2D eigenvalue weighted by molar-refractivity contribution is -0.0445. The number of anilines is 1. The van der Waals surface area contributed by atoms with E-state index >= 15 is 4.39 Å². The van der Waals surface area contributed by atoms with Gasteiger partial charge in [0.05, 0.1) is 12.9 Å². The van der Waals surface area contributed by atoms with Crippen molar-refractivity contribution in [3.05, 3.63) is 16.7 Å². The summed E-state index contributed by atoms with van der Waals surface area (Å²) in [5, 5.41) is 9.57. The molecule has 0 radical (unpaired) electrons. The van der Waals surface area contributed by atoms with E-state index in [1.165, 1.54) is 10.9 Å². The van der Waals surface area contributed by atoms with Gasteiger partial charge in [-0.2, -0.15) is 4.98 Å². The van der Waals surface area contributed by atoms with Crippen LogP contribution in [0.1, 0.15) is 27.0 Å². The van der Waals surface area contributed by atoms with Crippen LogP contribution in [0.5, 0.6) is 0 Å². The first kappa shape index (κ1) is 19.9. The molecule has 0 amide bonds. The Morgan fingerprint density at radius 1 is 1.48 bits per heavy atom. The number of aromatic nitrogens is 4. The summed E-state index contributed by atoms with van der Waals surface area (Å²) in [4.78, 5) is 22.3. The minimum Gasteiger partial charge on any atom is -0.408 e. The van der Waals surface area contributed by atoms with Gasteiger partial charge in [0.2, 0.25) is 5.95 Å². The van der Waals surface area contributed by atoms with Crippen molar-refractivity contribution >= 4 is 25.4 Å². The molecule has 3 rings (SSSR count). The third-order valence-electron chi connectivity index (χ3n) is 5.41. The van der Waals surface area contributed by atoms with Crippen LogP contribution >= 0.6 is 0 Å². The zero-order chi connectivity index (χ0) is 20.1. The number of nitrogens with two attached hydrogens (primary N) is 1. The fourth-order valence-electron chi connectivity index (χ4n) is 2.85. The van der Waals surface area contributed by atoms with Crippen LogP contribution in [0.4, 0.5) is 10.3 Å². The molecule has 2 aromatic heterocycles. The van der Waals surface area contributed by atoms with Crippen LogP contribution in [0.15, 0.2) is 11.1 Å². The summed E-state index contributed by atoms with van der Waals surface area (Å²) in [6, 6.07) is 0. The lowest BCUT2D eigenvalue weighted by Crippen LogP contribution is -2.49. The Balaban J connectivity index is 1.97. The van der Waals surface area contributed by atoms with E-state index in [4.69, 9.17) is 14.9 Å². The number of ether oxygens (including phenoxy) is 1. The van der Waals surface area contributed by atoms with Gasteiger partial charge in [-0.1, -0.05) is 20.8 Å². The molecule has 1 aliphatic rings. The normalized spacial score (nSPS) is 26.8. The number of fused-ring (bicyclic) bond motifs is 1. The number of H-pyrrole nitrogens is 1. The molecule has 2 aromatic rings. The van der Waals surface area contributed by atoms with E-state index in [1.54, 1.807) is 0 Å². The number of hydrogen-bond acceptors (Lipinski definition) is 7. The molecule has 11 heteroatoms. The molecule has 0 bridgehead atoms. The van der Waals surface area contributed by atoms with Gasteiger partial charge in [-0.3, -0.25) is 14.3 Å². The van der Waals surface area contributed by atoms with E-state index in [1.807, 2.05) is 13.1 Å². The number of nitrogens with zero attached hydrogens (tertiary/aromatic N) is 3. The zero-order valence-electron chi connectivity index (χ0n) is 16.1.